The Bertz CT molecular complexity index is 311. The van der Waals surface area contributed by atoms with E-state index in [9.17, 15) is 4.79 Å². The van der Waals surface area contributed by atoms with Crippen LogP contribution in [0.15, 0.2) is 5.38 Å². The van der Waals surface area contributed by atoms with E-state index in [1.54, 1.807) is 0 Å². The average molecular weight is 213 g/mol. The van der Waals surface area contributed by atoms with E-state index in [1.807, 2.05) is 19.2 Å². The zero-order valence-corrected chi connectivity index (χ0v) is 9.23. The third-order valence-corrected chi connectivity index (χ3v) is 2.61. The zero-order valence-electron chi connectivity index (χ0n) is 8.41. The quantitative estimate of drug-likeness (QED) is 0.766. The summed E-state index contributed by atoms with van der Waals surface area (Å²) >= 11 is 1.52. The van der Waals surface area contributed by atoms with E-state index in [2.05, 4.69) is 10.3 Å². The highest BCUT2D eigenvalue weighted by Crippen LogP contribution is 2.15. The topological polar surface area (TPSA) is 68.0 Å². The third kappa shape index (κ3) is 2.78. The molecule has 4 nitrogen and oxygen atoms in total. The molecule has 5 heteroatoms. The van der Waals surface area contributed by atoms with Crippen LogP contribution in [-0.2, 0) is 4.79 Å². The maximum Gasteiger partial charge on any atom is 0.240 e. The molecule has 1 atom stereocenters. The number of thiazole rings is 1. The van der Waals surface area contributed by atoms with Gasteiger partial charge in [0.15, 0.2) is 0 Å². The Morgan fingerprint density at radius 2 is 2.50 bits per heavy atom. The molecule has 3 N–H and O–H groups in total. The Morgan fingerprint density at radius 3 is 2.93 bits per heavy atom. The molecule has 1 aromatic heterocycles. The number of amides is 1. The van der Waals surface area contributed by atoms with Crippen LogP contribution in [0.2, 0.25) is 0 Å². The van der Waals surface area contributed by atoms with Gasteiger partial charge in [-0.2, -0.15) is 0 Å². The standard InChI is InChI=1S/C9H15N3OS/c1-3-4-11-8(9(10)13)7-5-14-6(2)12-7/h5,8,11H,3-4H2,1-2H3,(H2,10,13). The van der Waals surface area contributed by atoms with Crippen molar-refractivity contribution in [1.82, 2.24) is 10.3 Å². The molecule has 1 heterocycles. The second-order valence-corrected chi connectivity index (χ2v) is 4.14. The number of nitrogens with two attached hydrogens (primary N) is 1. The summed E-state index contributed by atoms with van der Waals surface area (Å²) in [5.74, 6) is -0.372. The molecule has 14 heavy (non-hydrogen) atoms. The number of rotatable bonds is 5. The summed E-state index contributed by atoms with van der Waals surface area (Å²) in [5.41, 5.74) is 6.01. The molecule has 0 bridgehead atoms. The van der Waals surface area contributed by atoms with Crippen molar-refractivity contribution in [3.05, 3.63) is 16.1 Å². The highest BCUT2D eigenvalue weighted by atomic mass is 32.1. The van der Waals surface area contributed by atoms with Gasteiger partial charge in [0.25, 0.3) is 0 Å². The molecule has 1 amide bonds. The molecule has 1 rings (SSSR count). The van der Waals surface area contributed by atoms with Crippen LogP contribution >= 0.6 is 11.3 Å². The van der Waals surface area contributed by atoms with Crippen LogP contribution in [-0.4, -0.2) is 17.4 Å². The zero-order chi connectivity index (χ0) is 10.6. The highest BCUT2D eigenvalue weighted by molar-refractivity contribution is 7.09. The van der Waals surface area contributed by atoms with Gasteiger partial charge in [0.05, 0.1) is 10.7 Å². The SMILES string of the molecule is CCCNC(C(N)=O)c1csc(C)n1. The smallest absolute Gasteiger partial charge is 0.240 e. The Hall–Kier alpha value is -0.940. The maximum atomic E-state index is 11.1. The Morgan fingerprint density at radius 1 is 1.79 bits per heavy atom. The van der Waals surface area contributed by atoms with Crippen LogP contribution in [0.4, 0.5) is 0 Å². The molecule has 0 spiro atoms. The van der Waals surface area contributed by atoms with E-state index in [1.165, 1.54) is 11.3 Å². The number of aryl methyl sites for hydroxylation is 1. The molecular weight excluding hydrogens is 198 g/mol. The number of carbonyl (C=O) groups excluding carboxylic acids is 1. The van der Waals surface area contributed by atoms with Gasteiger partial charge in [-0.05, 0) is 19.9 Å². The summed E-state index contributed by atoms with van der Waals surface area (Å²) in [5, 5.41) is 5.89. The molecule has 0 fully saturated rings. The number of hydrogen-bond acceptors (Lipinski definition) is 4. The van der Waals surface area contributed by atoms with Gasteiger partial charge in [-0.3, -0.25) is 4.79 Å². The van der Waals surface area contributed by atoms with Gasteiger partial charge in [0, 0.05) is 5.38 Å². The molecule has 0 saturated carbocycles. The number of hydrogen-bond donors (Lipinski definition) is 2. The largest absolute Gasteiger partial charge is 0.368 e. The van der Waals surface area contributed by atoms with Crippen molar-refractivity contribution in [2.45, 2.75) is 26.3 Å². The summed E-state index contributed by atoms with van der Waals surface area (Å²) in [4.78, 5) is 15.4. The third-order valence-electron chi connectivity index (χ3n) is 1.82. The first-order chi connectivity index (χ1) is 6.65. The van der Waals surface area contributed by atoms with Crippen molar-refractivity contribution in [3.63, 3.8) is 0 Å². The summed E-state index contributed by atoms with van der Waals surface area (Å²) in [6, 6.07) is -0.445. The molecule has 0 aromatic carbocycles. The Labute approximate surface area is 87.5 Å². The monoisotopic (exact) mass is 213 g/mol. The summed E-state index contributed by atoms with van der Waals surface area (Å²) in [6.07, 6.45) is 0.965. The summed E-state index contributed by atoms with van der Waals surface area (Å²) < 4.78 is 0. The second kappa shape index (κ2) is 5.07. The van der Waals surface area contributed by atoms with Crippen molar-refractivity contribution in [1.29, 1.82) is 0 Å². The minimum absolute atomic E-state index is 0.372. The van der Waals surface area contributed by atoms with E-state index >= 15 is 0 Å². The first-order valence-electron chi connectivity index (χ1n) is 4.60. The summed E-state index contributed by atoms with van der Waals surface area (Å²) in [7, 11) is 0. The van der Waals surface area contributed by atoms with Crippen LogP contribution in [0.1, 0.15) is 30.1 Å². The van der Waals surface area contributed by atoms with Gasteiger partial charge in [-0.25, -0.2) is 4.98 Å². The van der Waals surface area contributed by atoms with Gasteiger partial charge < -0.3 is 11.1 Å². The molecule has 1 aromatic rings. The summed E-state index contributed by atoms with van der Waals surface area (Å²) in [6.45, 7) is 4.72. The van der Waals surface area contributed by atoms with Crippen molar-refractivity contribution < 1.29 is 4.79 Å². The highest BCUT2D eigenvalue weighted by Gasteiger charge is 2.18. The van der Waals surface area contributed by atoms with E-state index in [4.69, 9.17) is 5.73 Å². The molecule has 78 valence electrons. The van der Waals surface area contributed by atoms with Crippen molar-refractivity contribution in [2.75, 3.05) is 6.54 Å². The van der Waals surface area contributed by atoms with Crippen molar-refractivity contribution in [3.8, 4) is 0 Å². The number of carbonyl (C=O) groups is 1. The van der Waals surface area contributed by atoms with E-state index in [-0.39, 0.29) is 5.91 Å². The first-order valence-corrected chi connectivity index (χ1v) is 5.47. The van der Waals surface area contributed by atoms with E-state index < -0.39 is 6.04 Å². The molecule has 0 saturated heterocycles. The fourth-order valence-electron chi connectivity index (χ4n) is 1.15. The van der Waals surface area contributed by atoms with E-state index in [0.717, 1.165) is 23.7 Å². The predicted molar refractivity (Wildman–Crippen MR) is 57.1 cm³/mol. The van der Waals surface area contributed by atoms with Crippen LogP contribution in [0, 0.1) is 6.92 Å². The molecule has 1 unspecified atom stereocenters. The lowest BCUT2D eigenvalue weighted by Crippen LogP contribution is -2.34. The van der Waals surface area contributed by atoms with Crippen LogP contribution < -0.4 is 11.1 Å². The van der Waals surface area contributed by atoms with E-state index in [0.29, 0.717) is 0 Å². The van der Waals surface area contributed by atoms with Crippen LogP contribution in [0.25, 0.3) is 0 Å². The minimum atomic E-state index is -0.445. The number of aromatic nitrogens is 1. The second-order valence-electron chi connectivity index (χ2n) is 3.08. The first kappa shape index (κ1) is 11.1. The van der Waals surface area contributed by atoms with Crippen LogP contribution in [0.5, 0.6) is 0 Å². The fraction of sp³-hybridized carbons (Fsp3) is 0.556. The predicted octanol–water partition coefficient (Wildman–Crippen LogP) is 0.978. The maximum absolute atomic E-state index is 11.1. The van der Waals surface area contributed by atoms with Gasteiger partial charge >= 0.3 is 0 Å². The number of nitrogens with zero attached hydrogens (tertiary/aromatic N) is 1. The minimum Gasteiger partial charge on any atom is -0.368 e. The lowest BCUT2D eigenvalue weighted by Gasteiger charge is -2.11. The fourth-order valence-corrected chi connectivity index (χ4v) is 1.79. The molecule has 0 radical (unpaired) electrons. The number of nitrogens with one attached hydrogen (secondary N) is 1. The van der Waals surface area contributed by atoms with Crippen molar-refractivity contribution in [2.24, 2.45) is 5.73 Å². The molecule has 0 aliphatic rings. The Kier molecular flexibility index (Phi) is 4.03. The molecular formula is C9H15N3OS. The average Bonchev–Trinajstić information content (AvgIpc) is 2.52. The van der Waals surface area contributed by atoms with Gasteiger partial charge in [0.2, 0.25) is 5.91 Å². The molecule has 0 aliphatic carbocycles. The van der Waals surface area contributed by atoms with Gasteiger partial charge in [-0.1, -0.05) is 6.92 Å². The van der Waals surface area contributed by atoms with Gasteiger partial charge in [-0.15, -0.1) is 11.3 Å². The van der Waals surface area contributed by atoms with Gasteiger partial charge in [0.1, 0.15) is 6.04 Å². The lowest BCUT2D eigenvalue weighted by atomic mass is 10.2. The lowest BCUT2D eigenvalue weighted by molar-refractivity contribution is -0.120. The number of primary amides is 1. The van der Waals surface area contributed by atoms with Crippen LogP contribution in [0.3, 0.4) is 0 Å². The normalized spacial score (nSPS) is 12.7. The van der Waals surface area contributed by atoms with Crippen molar-refractivity contribution >= 4 is 17.2 Å². The molecule has 0 aliphatic heterocycles. The Balaban J connectivity index is 2.72.